The van der Waals surface area contributed by atoms with Crippen LogP contribution in [0.25, 0.3) is 0 Å². The summed E-state index contributed by atoms with van der Waals surface area (Å²) in [6.45, 7) is 13.4. The van der Waals surface area contributed by atoms with Crippen molar-refractivity contribution >= 4 is 71.0 Å². The number of aliphatic hydroxyl groups is 2. The molecule has 0 aliphatic carbocycles. The summed E-state index contributed by atoms with van der Waals surface area (Å²) in [5.41, 5.74) is 27.4. The van der Waals surface area contributed by atoms with Crippen molar-refractivity contribution in [1.82, 2.24) is 37.2 Å². The van der Waals surface area contributed by atoms with Crippen molar-refractivity contribution in [3.8, 4) is 0 Å². The Hall–Kier alpha value is -5.47. The van der Waals surface area contributed by atoms with Gasteiger partial charge in [-0.15, -0.1) is 0 Å². The van der Waals surface area contributed by atoms with Gasteiger partial charge in [0, 0.05) is 13.1 Å². The molecule has 0 aliphatic rings. The zero-order chi connectivity index (χ0) is 53.1. The van der Waals surface area contributed by atoms with Gasteiger partial charge in [-0.3, -0.25) is 43.5 Å². The van der Waals surface area contributed by atoms with E-state index in [4.69, 9.17) is 28.7 Å². The second-order valence-electron chi connectivity index (χ2n) is 17.9. The Balaban J connectivity index is 6.58. The molecule has 69 heavy (non-hydrogen) atoms. The number of aliphatic carboxylic acids is 1. The molecule has 0 aliphatic heterocycles. The summed E-state index contributed by atoms with van der Waals surface area (Å²) >= 11 is 1.38. The van der Waals surface area contributed by atoms with Gasteiger partial charge in [0.1, 0.15) is 48.3 Å². The fourth-order valence-electron chi connectivity index (χ4n) is 6.61. The molecule has 0 saturated carbocycles. The lowest BCUT2D eigenvalue weighted by molar-refractivity contribution is -0.142. The van der Waals surface area contributed by atoms with Crippen LogP contribution in [-0.2, 0) is 38.4 Å². The number of rotatable bonds is 34. The summed E-state index contributed by atoms with van der Waals surface area (Å²) in [6, 6.07) is -10.6. The molecule has 7 amide bonds. The van der Waals surface area contributed by atoms with Gasteiger partial charge in [0.15, 0.2) is 11.9 Å². The van der Waals surface area contributed by atoms with Gasteiger partial charge in [-0.1, -0.05) is 48.0 Å². The van der Waals surface area contributed by atoms with Crippen LogP contribution in [0.5, 0.6) is 0 Å². The number of carboxylic acids is 1. The van der Waals surface area contributed by atoms with Crippen molar-refractivity contribution in [2.75, 3.05) is 25.1 Å². The molecule has 0 saturated heterocycles. The predicted molar refractivity (Wildman–Crippen MR) is 264 cm³/mol. The maximum absolute atomic E-state index is 14.1. The molecule has 0 bridgehead atoms. The average molecular weight is 1000 g/mol. The predicted octanol–water partition coefficient (Wildman–Crippen LogP) is -3.45. The average Bonchev–Trinajstić information content (AvgIpc) is 3.25. The molecule has 0 aromatic rings. The third-order valence-corrected chi connectivity index (χ3v) is 11.4. The number of hydrogen-bond donors (Lipinski definition) is 15. The van der Waals surface area contributed by atoms with E-state index in [-0.39, 0.29) is 81.8 Å². The standard InChI is InChI=1S/C43H82N14O11S/c1-10-23(6)32(56-38(64)31(44)24(7)58)39(65)57-33(25(8)59)40(66)55-30(20-22(4)5)37(63)52-27(15-18-69-9)35(61)54-29(19-21(2)3)36(62)51-26(13-11-16-49-42(45)46)34(60)53-28(41(67)68)14-12-17-50-43(47)48/h21-33,58-59H,10-20,44H2,1-9H3,(H,51,62)(H,52,63)(H,53,60)(H,54,61)(H,55,66)(H,56,64)(H,57,65)(H,67,68)(H4,45,46,49)(H4,47,48,50). The SMILES string of the molecule is CCC(C)C(NC(=O)C(N)C(C)O)C(=O)NC(C(=O)NC(CC(C)C)C(=O)NC(CCSC)C(=O)NC(CC(C)C)C(=O)NC(CCCN=C(N)N)C(=O)NC(CCCN=C(N)N)C(=O)O)C(C)O. The maximum atomic E-state index is 14.1. The third-order valence-electron chi connectivity index (χ3n) is 10.7. The molecule has 0 radical (unpaired) electrons. The molecule has 11 unspecified atom stereocenters. The highest BCUT2D eigenvalue weighted by Crippen LogP contribution is 2.13. The number of thioether (sulfide) groups is 1. The Morgan fingerprint density at radius 1 is 0.522 bits per heavy atom. The van der Waals surface area contributed by atoms with Gasteiger partial charge in [-0.25, -0.2) is 4.79 Å². The first-order valence-corrected chi connectivity index (χ1v) is 24.6. The van der Waals surface area contributed by atoms with E-state index < -0.39 is 114 Å². The normalized spacial score (nSPS) is 16.0. The van der Waals surface area contributed by atoms with E-state index in [1.165, 1.54) is 25.6 Å². The molecule has 0 spiro atoms. The van der Waals surface area contributed by atoms with Crippen molar-refractivity contribution in [2.45, 2.75) is 167 Å². The van der Waals surface area contributed by atoms with Crippen LogP contribution in [0, 0.1) is 17.8 Å². The summed E-state index contributed by atoms with van der Waals surface area (Å²) < 4.78 is 0. The number of hydrogen-bond acceptors (Lipinski definition) is 14. The molecule has 0 heterocycles. The van der Waals surface area contributed by atoms with E-state index in [1.807, 2.05) is 0 Å². The van der Waals surface area contributed by atoms with Gasteiger partial charge in [-0.2, -0.15) is 11.8 Å². The number of nitrogens with zero attached hydrogens (tertiary/aromatic N) is 2. The van der Waals surface area contributed by atoms with Gasteiger partial charge in [0.2, 0.25) is 41.4 Å². The van der Waals surface area contributed by atoms with Gasteiger partial charge >= 0.3 is 5.97 Å². The number of carboxylic acid groups (broad SMARTS) is 1. The highest BCUT2D eigenvalue weighted by Gasteiger charge is 2.37. The van der Waals surface area contributed by atoms with Crippen molar-refractivity contribution in [1.29, 1.82) is 0 Å². The van der Waals surface area contributed by atoms with Crippen LogP contribution in [-0.4, -0.2) is 160 Å². The van der Waals surface area contributed by atoms with Gasteiger partial charge in [0.25, 0.3) is 0 Å². The number of nitrogens with two attached hydrogens (primary N) is 5. The van der Waals surface area contributed by atoms with Gasteiger partial charge < -0.3 is 81.2 Å². The number of carbonyl (C=O) groups excluding carboxylic acids is 7. The lowest BCUT2D eigenvalue weighted by Gasteiger charge is -2.30. The molecule has 0 rings (SSSR count). The van der Waals surface area contributed by atoms with Crippen LogP contribution < -0.4 is 65.9 Å². The quantitative estimate of drug-likeness (QED) is 0.0169. The molecule has 0 aromatic heterocycles. The molecular formula is C43H82N14O11S. The van der Waals surface area contributed by atoms with Crippen LogP contribution in [0.4, 0.5) is 0 Å². The minimum Gasteiger partial charge on any atom is -0.480 e. The highest BCUT2D eigenvalue weighted by molar-refractivity contribution is 7.98. The van der Waals surface area contributed by atoms with E-state index in [0.29, 0.717) is 12.2 Å². The number of amides is 7. The summed E-state index contributed by atoms with van der Waals surface area (Å²) in [4.78, 5) is 116. The monoisotopic (exact) mass is 1000 g/mol. The number of guanidine groups is 2. The van der Waals surface area contributed by atoms with Crippen LogP contribution in [0.3, 0.4) is 0 Å². The van der Waals surface area contributed by atoms with Gasteiger partial charge in [0.05, 0.1) is 12.2 Å². The zero-order valence-corrected chi connectivity index (χ0v) is 42.4. The Kier molecular flexibility index (Phi) is 30.5. The van der Waals surface area contributed by atoms with Crippen LogP contribution in [0.2, 0.25) is 0 Å². The van der Waals surface area contributed by atoms with E-state index in [0.717, 1.165) is 0 Å². The number of aliphatic hydroxyl groups excluding tert-OH is 2. The van der Waals surface area contributed by atoms with Crippen molar-refractivity contribution in [3.63, 3.8) is 0 Å². The molecule has 25 nitrogen and oxygen atoms in total. The van der Waals surface area contributed by atoms with Gasteiger partial charge in [-0.05, 0) is 88.6 Å². The zero-order valence-electron chi connectivity index (χ0n) is 41.6. The largest absolute Gasteiger partial charge is 0.480 e. The van der Waals surface area contributed by atoms with E-state index in [1.54, 1.807) is 47.8 Å². The molecule has 26 heteroatoms. The minimum atomic E-state index is -1.61. The first-order chi connectivity index (χ1) is 32.2. The molecule has 11 atom stereocenters. The van der Waals surface area contributed by atoms with Crippen LogP contribution in [0.15, 0.2) is 9.98 Å². The maximum Gasteiger partial charge on any atom is 0.326 e. The molecule has 396 valence electrons. The van der Waals surface area contributed by atoms with Crippen molar-refractivity contribution in [2.24, 2.45) is 56.4 Å². The smallest absolute Gasteiger partial charge is 0.326 e. The number of aliphatic imine (C=N–C) groups is 2. The molecular weight excluding hydrogens is 921 g/mol. The first-order valence-electron chi connectivity index (χ1n) is 23.2. The topological polar surface area (TPSA) is 436 Å². The molecule has 0 aromatic carbocycles. The van der Waals surface area contributed by atoms with Crippen molar-refractivity contribution in [3.05, 3.63) is 0 Å². The minimum absolute atomic E-state index is 0.0281. The highest BCUT2D eigenvalue weighted by atomic mass is 32.2. The summed E-state index contributed by atoms with van der Waals surface area (Å²) in [5.74, 6) is -7.88. The second kappa shape index (κ2) is 33.1. The van der Waals surface area contributed by atoms with E-state index in [2.05, 4.69) is 47.2 Å². The first kappa shape index (κ1) is 63.5. The third kappa shape index (κ3) is 25.6. The molecule has 0 fully saturated rings. The summed E-state index contributed by atoms with van der Waals surface area (Å²) in [6.07, 6.45) is 0.0477. The Bertz CT molecular complexity index is 1730. The fraction of sp³-hybridized carbons (Fsp3) is 0.767. The van der Waals surface area contributed by atoms with E-state index in [9.17, 15) is 53.7 Å². The van der Waals surface area contributed by atoms with E-state index >= 15 is 0 Å². The second-order valence-corrected chi connectivity index (χ2v) is 18.9. The van der Waals surface area contributed by atoms with Crippen LogP contribution in [0.1, 0.15) is 107 Å². The fourth-order valence-corrected chi connectivity index (χ4v) is 7.08. The Labute approximate surface area is 409 Å². The lowest BCUT2D eigenvalue weighted by Crippen LogP contribution is -2.62. The Morgan fingerprint density at radius 2 is 0.899 bits per heavy atom. The summed E-state index contributed by atoms with van der Waals surface area (Å²) in [7, 11) is 0. The number of carbonyl (C=O) groups is 8. The van der Waals surface area contributed by atoms with Crippen LogP contribution >= 0.6 is 11.8 Å². The molecule has 20 N–H and O–H groups in total. The Morgan fingerprint density at radius 3 is 1.29 bits per heavy atom. The lowest BCUT2D eigenvalue weighted by atomic mass is 9.96. The number of nitrogens with one attached hydrogen (secondary N) is 7. The van der Waals surface area contributed by atoms with Crippen molar-refractivity contribution < 1.29 is 53.7 Å². The summed E-state index contributed by atoms with van der Waals surface area (Å²) in [5, 5.41) is 48.4.